The standard InChI is InChI=1S/C19H18Br2N2O2/c20-13-3-1-12(2-4-13)16-11-17(16)19(25)22-10-9-18(24)23-15-7-5-14(21)6-8-15/h1-8,16-17H,9-11H2,(H,22,25)(H,23,24)/t16-,17+/m0/s1. The third-order valence-electron chi connectivity index (χ3n) is 4.20. The van der Waals surface area contributed by atoms with E-state index >= 15 is 0 Å². The molecule has 1 saturated carbocycles. The summed E-state index contributed by atoms with van der Waals surface area (Å²) >= 11 is 6.77. The molecule has 0 aromatic heterocycles. The van der Waals surface area contributed by atoms with Crippen LogP contribution in [-0.2, 0) is 9.59 Å². The van der Waals surface area contributed by atoms with Crippen molar-refractivity contribution in [2.45, 2.75) is 18.8 Å². The first kappa shape index (κ1) is 18.1. The quantitative estimate of drug-likeness (QED) is 0.661. The summed E-state index contributed by atoms with van der Waals surface area (Å²) in [6, 6.07) is 15.5. The Kier molecular flexibility index (Phi) is 5.91. The summed E-state index contributed by atoms with van der Waals surface area (Å²) in [7, 11) is 0. The largest absolute Gasteiger partial charge is 0.355 e. The van der Waals surface area contributed by atoms with Crippen LogP contribution in [0.3, 0.4) is 0 Å². The van der Waals surface area contributed by atoms with Gasteiger partial charge in [-0.2, -0.15) is 0 Å². The van der Waals surface area contributed by atoms with Crippen molar-refractivity contribution in [1.29, 1.82) is 0 Å². The number of nitrogens with one attached hydrogen (secondary N) is 2. The fourth-order valence-electron chi connectivity index (χ4n) is 2.75. The van der Waals surface area contributed by atoms with Crippen molar-refractivity contribution in [1.82, 2.24) is 5.32 Å². The van der Waals surface area contributed by atoms with Gasteiger partial charge in [0, 0.05) is 33.5 Å². The molecule has 0 heterocycles. The summed E-state index contributed by atoms with van der Waals surface area (Å²) < 4.78 is 2.00. The highest BCUT2D eigenvalue weighted by Gasteiger charge is 2.43. The van der Waals surface area contributed by atoms with Crippen LogP contribution in [0.15, 0.2) is 57.5 Å². The van der Waals surface area contributed by atoms with Crippen molar-refractivity contribution in [2.24, 2.45) is 5.92 Å². The topological polar surface area (TPSA) is 58.2 Å². The number of anilines is 1. The van der Waals surface area contributed by atoms with Gasteiger partial charge < -0.3 is 10.6 Å². The molecule has 1 aliphatic carbocycles. The molecule has 1 aliphatic rings. The molecule has 0 unspecified atom stereocenters. The van der Waals surface area contributed by atoms with E-state index in [9.17, 15) is 9.59 Å². The van der Waals surface area contributed by atoms with Crippen LogP contribution in [0.4, 0.5) is 5.69 Å². The Morgan fingerprint density at radius 2 is 1.56 bits per heavy atom. The lowest BCUT2D eigenvalue weighted by molar-refractivity contribution is -0.122. The molecule has 2 aromatic carbocycles. The van der Waals surface area contributed by atoms with E-state index < -0.39 is 0 Å². The average Bonchev–Trinajstić information content (AvgIpc) is 3.38. The lowest BCUT2D eigenvalue weighted by Crippen LogP contribution is -2.29. The van der Waals surface area contributed by atoms with Crippen LogP contribution in [0.2, 0.25) is 0 Å². The molecular formula is C19H18Br2N2O2. The molecule has 130 valence electrons. The van der Waals surface area contributed by atoms with E-state index in [1.807, 2.05) is 48.5 Å². The number of benzene rings is 2. The SMILES string of the molecule is O=C(CCNC(=O)[C@@H]1C[C@H]1c1ccc(Br)cc1)Nc1ccc(Br)cc1. The second kappa shape index (κ2) is 8.15. The van der Waals surface area contributed by atoms with Crippen molar-refractivity contribution >= 4 is 49.4 Å². The number of rotatable bonds is 6. The molecule has 2 amide bonds. The van der Waals surface area contributed by atoms with E-state index in [1.165, 1.54) is 5.56 Å². The maximum absolute atomic E-state index is 12.2. The highest BCUT2D eigenvalue weighted by molar-refractivity contribution is 9.10. The van der Waals surface area contributed by atoms with Gasteiger partial charge in [-0.15, -0.1) is 0 Å². The minimum absolute atomic E-state index is 0.0238. The van der Waals surface area contributed by atoms with Gasteiger partial charge in [-0.25, -0.2) is 0 Å². The summed E-state index contributed by atoms with van der Waals surface area (Å²) in [4.78, 5) is 24.1. The van der Waals surface area contributed by atoms with Crippen LogP contribution in [0, 0.1) is 5.92 Å². The Bertz CT molecular complexity index is 760. The summed E-state index contributed by atoms with van der Waals surface area (Å²) in [5, 5.41) is 5.68. The van der Waals surface area contributed by atoms with Crippen LogP contribution in [-0.4, -0.2) is 18.4 Å². The maximum Gasteiger partial charge on any atom is 0.226 e. The Morgan fingerprint density at radius 1 is 0.960 bits per heavy atom. The smallest absolute Gasteiger partial charge is 0.226 e. The number of carbonyl (C=O) groups excluding carboxylic acids is 2. The first-order chi connectivity index (χ1) is 12.0. The van der Waals surface area contributed by atoms with Crippen LogP contribution >= 0.6 is 31.9 Å². The Balaban J connectivity index is 1.39. The van der Waals surface area contributed by atoms with E-state index in [0.29, 0.717) is 12.5 Å². The van der Waals surface area contributed by atoms with Gasteiger partial charge in [0.2, 0.25) is 11.8 Å². The van der Waals surface area contributed by atoms with E-state index in [1.54, 1.807) is 0 Å². The zero-order valence-corrected chi connectivity index (χ0v) is 16.6. The molecule has 2 N–H and O–H groups in total. The summed E-state index contributed by atoms with van der Waals surface area (Å²) in [5.41, 5.74) is 1.94. The molecule has 0 radical (unpaired) electrons. The highest BCUT2D eigenvalue weighted by Crippen LogP contribution is 2.47. The number of hydrogen-bond donors (Lipinski definition) is 2. The zero-order chi connectivity index (χ0) is 17.8. The molecule has 4 nitrogen and oxygen atoms in total. The van der Waals surface area contributed by atoms with Gasteiger partial charge in [0.1, 0.15) is 0 Å². The lowest BCUT2D eigenvalue weighted by atomic mass is 10.1. The Morgan fingerprint density at radius 3 is 2.20 bits per heavy atom. The molecule has 6 heteroatoms. The molecule has 25 heavy (non-hydrogen) atoms. The third-order valence-corrected chi connectivity index (χ3v) is 5.26. The highest BCUT2D eigenvalue weighted by atomic mass is 79.9. The summed E-state index contributed by atoms with van der Waals surface area (Å²) in [6.07, 6.45) is 1.13. The van der Waals surface area contributed by atoms with E-state index in [2.05, 4.69) is 42.5 Å². The van der Waals surface area contributed by atoms with Crippen molar-refractivity contribution in [3.63, 3.8) is 0 Å². The average molecular weight is 466 g/mol. The van der Waals surface area contributed by atoms with Crippen LogP contribution in [0.25, 0.3) is 0 Å². The van der Waals surface area contributed by atoms with Crippen LogP contribution < -0.4 is 10.6 Å². The first-order valence-corrected chi connectivity index (χ1v) is 9.70. The Labute approximate surface area is 163 Å². The molecule has 3 rings (SSSR count). The lowest BCUT2D eigenvalue weighted by Gasteiger charge is -2.07. The van der Waals surface area contributed by atoms with Crippen molar-refractivity contribution in [3.05, 3.63) is 63.0 Å². The monoisotopic (exact) mass is 464 g/mol. The van der Waals surface area contributed by atoms with Crippen LogP contribution in [0.1, 0.15) is 24.3 Å². The number of amides is 2. The molecule has 0 bridgehead atoms. The zero-order valence-electron chi connectivity index (χ0n) is 13.5. The first-order valence-electron chi connectivity index (χ1n) is 8.11. The van der Waals surface area contributed by atoms with Gasteiger partial charge in [0.25, 0.3) is 0 Å². The summed E-state index contributed by atoms with van der Waals surface area (Å²) in [5.74, 6) is 0.243. The van der Waals surface area contributed by atoms with E-state index in [-0.39, 0.29) is 24.2 Å². The minimum Gasteiger partial charge on any atom is -0.355 e. The fourth-order valence-corrected chi connectivity index (χ4v) is 3.28. The molecular weight excluding hydrogens is 448 g/mol. The molecule has 0 spiro atoms. The van der Waals surface area contributed by atoms with Gasteiger partial charge in [0.15, 0.2) is 0 Å². The molecule has 1 fully saturated rings. The normalized spacial score (nSPS) is 18.5. The third kappa shape index (κ3) is 5.16. The second-order valence-electron chi connectivity index (χ2n) is 6.10. The predicted octanol–water partition coefficient (Wildman–Crippen LogP) is 4.46. The molecule has 2 atom stereocenters. The fraction of sp³-hybridized carbons (Fsp3) is 0.263. The van der Waals surface area contributed by atoms with Crippen molar-refractivity contribution in [3.8, 4) is 0 Å². The van der Waals surface area contributed by atoms with Gasteiger partial charge in [-0.3, -0.25) is 9.59 Å². The van der Waals surface area contributed by atoms with E-state index in [4.69, 9.17) is 0 Å². The molecule has 2 aromatic rings. The van der Waals surface area contributed by atoms with Gasteiger partial charge in [-0.1, -0.05) is 44.0 Å². The second-order valence-corrected chi connectivity index (χ2v) is 7.93. The number of halogens is 2. The maximum atomic E-state index is 12.2. The van der Waals surface area contributed by atoms with Crippen molar-refractivity contribution in [2.75, 3.05) is 11.9 Å². The van der Waals surface area contributed by atoms with Gasteiger partial charge >= 0.3 is 0 Å². The van der Waals surface area contributed by atoms with Gasteiger partial charge in [0.05, 0.1) is 0 Å². The molecule has 0 saturated heterocycles. The number of hydrogen-bond acceptors (Lipinski definition) is 2. The van der Waals surface area contributed by atoms with Crippen molar-refractivity contribution < 1.29 is 9.59 Å². The van der Waals surface area contributed by atoms with Crippen LogP contribution in [0.5, 0.6) is 0 Å². The van der Waals surface area contributed by atoms with E-state index in [0.717, 1.165) is 21.1 Å². The number of carbonyl (C=O) groups is 2. The minimum atomic E-state index is -0.108. The Hall–Kier alpha value is -1.66. The predicted molar refractivity (Wildman–Crippen MR) is 105 cm³/mol. The summed E-state index contributed by atoms with van der Waals surface area (Å²) in [6.45, 7) is 0.352. The van der Waals surface area contributed by atoms with Gasteiger partial charge in [-0.05, 0) is 54.3 Å². The molecule has 0 aliphatic heterocycles.